The zero-order valence-corrected chi connectivity index (χ0v) is 14.1. The van der Waals surface area contributed by atoms with Crippen LogP contribution in [0.2, 0.25) is 10.0 Å². The normalized spacial score (nSPS) is 11.0. The Morgan fingerprint density at radius 2 is 1.88 bits per heavy atom. The Balaban J connectivity index is 1.79. The number of rotatable bonds is 3. The third-order valence-electron chi connectivity index (χ3n) is 3.60. The number of fused-ring (bicyclic) bond motifs is 1. The molecule has 124 valence electrons. The summed E-state index contributed by atoms with van der Waals surface area (Å²) >= 11 is 12.0. The predicted octanol–water partition coefficient (Wildman–Crippen LogP) is 5.01. The molecule has 0 spiro atoms. The fraction of sp³-hybridized carbons (Fsp3) is 0. The molecule has 0 aliphatic rings. The molecule has 0 aliphatic heterocycles. The average Bonchev–Trinajstić information content (AvgIpc) is 3.03. The Bertz CT molecular complexity index is 1080. The molecule has 2 aromatic carbocycles. The highest BCUT2D eigenvalue weighted by Crippen LogP contribution is 2.28. The highest BCUT2D eigenvalue weighted by atomic mass is 35.5. The molecule has 4 aromatic rings. The van der Waals surface area contributed by atoms with Crippen LogP contribution < -0.4 is 5.32 Å². The monoisotopic (exact) mass is 373 g/mol. The first-order valence-electron chi connectivity index (χ1n) is 7.28. The standard InChI is InChI=1S/C17H10Cl2FN5/c18-14-5-4-12(7-15(14)19)25-17-13(8-23-25)16(21-9-22-17)24-11-3-1-2-10(20)6-11/h1-9H,(H,21,22,24). The quantitative estimate of drug-likeness (QED) is 0.548. The lowest BCUT2D eigenvalue weighted by Crippen LogP contribution is -1.99. The van der Waals surface area contributed by atoms with Gasteiger partial charge in [0.15, 0.2) is 5.65 Å². The second-order valence-electron chi connectivity index (χ2n) is 5.25. The maximum Gasteiger partial charge on any atom is 0.168 e. The molecule has 1 N–H and O–H groups in total. The van der Waals surface area contributed by atoms with Crippen LogP contribution in [0.3, 0.4) is 0 Å². The first kappa shape index (κ1) is 15.8. The first-order valence-corrected chi connectivity index (χ1v) is 8.04. The summed E-state index contributed by atoms with van der Waals surface area (Å²) in [6, 6.07) is 11.3. The molecule has 0 amide bonds. The lowest BCUT2D eigenvalue weighted by atomic mass is 10.3. The molecular formula is C17H10Cl2FN5. The van der Waals surface area contributed by atoms with E-state index in [1.807, 2.05) is 0 Å². The molecule has 4 rings (SSSR count). The second kappa shape index (κ2) is 6.31. The molecule has 0 aliphatic carbocycles. The Kier molecular flexibility index (Phi) is 3.99. The fourth-order valence-corrected chi connectivity index (χ4v) is 2.74. The summed E-state index contributed by atoms with van der Waals surface area (Å²) < 4.78 is 15.0. The van der Waals surface area contributed by atoms with Gasteiger partial charge in [0.05, 0.1) is 27.3 Å². The van der Waals surface area contributed by atoms with E-state index < -0.39 is 0 Å². The summed E-state index contributed by atoms with van der Waals surface area (Å²) in [5, 5.41) is 9.02. The number of hydrogen-bond donors (Lipinski definition) is 1. The zero-order chi connectivity index (χ0) is 17.4. The fourth-order valence-electron chi connectivity index (χ4n) is 2.45. The van der Waals surface area contributed by atoms with Gasteiger partial charge < -0.3 is 5.32 Å². The third-order valence-corrected chi connectivity index (χ3v) is 4.34. The van der Waals surface area contributed by atoms with Crippen molar-refractivity contribution >= 4 is 45.7 Å². The topological polar surface area (TPSA) is 55.6 Å². The van der Waals surface area contributed by atoms with E-state index >= 15 is 0 Å². The van der Waals surface area contributed by atoms with Crippen LogP contribution in [0.25, 0.3) is 16.7 Å². The first-order chi connectivity index (χ1) is 12.1. The molecule has 0 atom stereocenters. The molecular weight excluding hydrogens is 364 g/mol. The number of nitrogens with zero attached hydrogens (tertiary/aromatic N) is 4. The van der Waals surface area contributed by atoms with Gasteiger partial charge in [-0.2, -0.15) is 5.10 Å². The predicted molar refractivity (Wildman–Crippen MR) is 96.4 cm³/mol. The lowest BCUT2D eigenvalue weighted by molar-refractivity contribution is 0.628. The molecule has 0 unspecified atom stereocenters. The zero-order valence-electron chi connectivity index (χ0n) is 12.6. The van der Waals surface area contributed by atoms with Crippen LogP contribution >= 0.6 is 23.2 Å². The van der Waals surface area contributed by atoms with Crippen LogP contribution in [-0.4, -0.2) is 19.7 Å². The number of nitrogens with one attached hydrogen (secondary N) is 1. The Morgan fingerprint density at radius 1 is 1.00 bits per heavy atom. The third kappa shape index (κ3) is 3.01. The minimum Gasteiger partial charge on any atom is -0.339 e. The van der Waals surface area contributed by atoms with Crippen molar-refractivity contribution in [1.82, 2.24) is 19.7 Å². The largest absolute Gasteiger partial charge is 0.339 e. The lowest BCUT2D eigenvalue weighted by Gasteiger charge is -2.07. The molecule has 5 nitrogen and oxygen atoms in total. The Morgan fingerprint density at radius 3 is 2.68 bits per heavy atom. The molecule has 2 aromatic heterocycles. The number of hydrogen-bond acceptors (Lipinski definition) is 4. The van der Waals surface area contributed by atoms with Gasteiger partial charge in [-0.05, 0) is 36.4 Å². The summed E-state index contributed by atoms with van der Waals surface area (Å²) in [5.41, 5.74) is 1.90. The smallest absolute Gasteiger partial charge is 0.168 e. The van der Waals surface area contributed by atoms with Crippen molar-refractivity contribution in [3.05, 3.63) is 70.9 Å². The molecule has 0 radical (unpaired) electrons. The summed E-state index contributed by atoms with van der Waals surface area (Å²) in [5.74, 6) is 0.198. The van der Waals surface area contributed by atoms with Crippen molar-refractivity contribution in [3.8, 4) is 5.69 Å². The van der Waals surface area contributed by atoms with Crippen molar-refractivity contribution in [2.75, 3.05) is 5.32 Å². The van der Waals surface area contributed by atoms with Crippen molar-refractivity contribution in [2.45, 2.75) is 0 Å². The average molecular weight is 374 g/mol. The molecule has 0 fully saturated rings. The van der Waals surface area contributed by atoms with E-state index in [-0.39, 0.29) is 5.82 Å². The van der Waals surface area contributed by atoms with Gasteiger partial charge in [-0.15, -0.1) is 0 Å². The van der Waals surface area contributed by atoms with Crippen LogP contribution in [0.4, 0.5) is 15.9 Å². The highest BCUT2D eigenvalue weighted by molar-refractivity contribution is 6.42. The SMILES string of the molecule is Fc1cccc(Nc2ncnc3c2cnn3-c2ccc(Cl)c(Cl)c2)c1. The van der Waals surface area contributed by atoms with E-state index in [9.17, 15) is 4.39 Å². The summed E-state index contributed by atoms with van der Waals surface area (Å²) in [7, 11) is 0. The Hall–Kier alpha value is -2.70. The Labute approximate surface area is 152 Å². The second-order valence-corrected chi connectivity index (χ2v) is 6.06. The number of anilines is 2. The number of aromatic nitrogens is 4. The molecule has 0 saturated heterocycles. The van der Waals surface area contributed by atoms with Gasteiger partial charge in [-0.25, -0.2) is 19.0 Å². The van der Waals surface area contributed by atoms with Crippen molar-refractivity contribution < 1.29 is 4.39 Å². The maximum absolute atomic E-state index is 13.4. The van der Waals surface area contributed by atoms with Crippen LogP contribution in [0, 0.1) is 5.82 Å². The minimum absolute atomic E-state index is 0.332. The van der Waals surface area contributed by atoms with Gasteiger partial charge in [0.2, 0.25) is 0 Å². The molecule has 2 heterocycles. The van der Waals surface area contributed by atoms with E-state index in [2.05, 4.69) is 20.4 Å². The van der Waals surface area contributed by atoms with Crippen LogP contribution in [0.1, 0.15) is 0 Å². The molecule has 0 bridgehead atoms. The van der Waals surface area contributed by atoms with E-state index in [1.165, 1.54) is 18.5 Å². The maximum atomic E-state index is 13.4. The van der Waals surface area contributed by atoms with Crippen molar-refractivity contribution in [1.29, 1.82) is 0 Å². The van der Waals surface area contributed by atoms with E-state index in [0.29, 0.717) is 32.6 Å². The number of benzene rings is 2. The van der Waals surface area contributed by atoms with Crippen molar-refractivity contribution in [2.24, 2.45) is 0 Å². The van der Waals surface area contributed by atoms with Crippen molar-refractivity contribution in [3.63, 3.8) is 0 Å². The van der Waals surface area contributed by atoms with Gasteiger partial charge >= 0.3 is 0 Å². The minimum atomic E-state index is -0.332. The van der Waals surface area contributed by atoms with Crippen LogP contribution in [0.5, 0.6) is 0 Å². The van der Waals surface area contributed by atoms with Crippen LogP contribution in [-0.2, 0) is 0 Å². The van der Waals surface area contributed by atoms with Crippen LogP contribution in [0.15, 0.2) is 55.0 Å². The van der Waals surface area contributed by atoms with Gasteiger partial charge in [-0.3, -0.25) is 0 Å². The van der Waals surface area contributed by atoms with Gasteiger partial charge in [-0.1, -0.05) is 29.3 Å². The van der Waals surface area contributed by atoms with E-state index in [4.69, 9.17) is 23.2 Å². The highest BCUT2D eigenvalue weighted by Gasteiger charge is 2.12. The van der Waals surface area contributed by atoms with E-state index in [1.54, 1.807) is 41.2 Å². The summed E-state index contributed by atoms with van der Waals surface area (Å²) in [4.78, 5) is 8.51. The molecule has 8 heteroatoms. The van der Waals surface area contributed by atoms with E-state index in [0.717, 1.165) is 5.69 Å². The van der Waals surface area contributed by atoms with Gasteiger partial charge in [0, 0.05) is 5.69 Å². The number of halogens is 3. The van der Waals surface area contributed by atoms with Gasteiger partial charge in [0.1, 0.15) is 18.0 Å². The molecule has 0 saturated carbocycles. The summed E-state index contributed by atoms with van der Waals surface area (Å²) in [6.07, 6.45) is 3.05. The summed E-state index contributed by atoms with van der Waals surface area (Å²) in [6.45, 7) is 0. The molecule has 25 heavy (non-hydrogen) atoms. The van der Waals surface area contributed by atoms with Gasteiger partial charge in [0.25, 0.3) is 0 Å².